The van der Waals surface area contributed by atoms with Crippen LogP contribution in [0.15, 0.2) is 54.7 Å². The Bertz CT molecular complexity index is 937. The largest absolute Gasteiger partial charge is 0.361 e. The molecule has 1 N–H and O–H groups in total. The van der Waals surface area contributed by atoms with Gasteiger partial charge in [-0.3, -0.25) is 9.69 Å². The molecule has 1 atom stereocenters. The predicted octanol–water partition coefficient (Wildman–Crippen LogP) is 3.75. The number of benzene rings is 2. The Balaban J connectivity index is 1.47. The topological polar surface area (TPSA) is 39.3 Å². The first-order valence-electron chi connectivity index (χ1n) is 9.38. The summed E-state index contributed by atoms with van der Waals surface area (Å²) in [5.41, 5.74) is 3.26. The summed E-state index contributed by atoms with van der Waals surface area (Å²) in [6.07, 6.45) is 3.25. The molecule has 1 fully saturated rings. The number of carbonyl (C=O) groups excluding carboxylic acids is 1. The summed E-state index contributed by atoms with van der Waals surface area (Å²) >= 11 is 6.35. The number of likely N-dealkylation sites (N-methyl/N-ethyl adjacent to an activating group) is 1. The lowest BCUT2D eigenvalue weighted by atomic mass is 10.0. The summed E-state index contributed by atoms with van der Waals surface area (Å²) in [5.74, 6) is 0.169. The molecule has 0 aliphatic carbocycles. The fraction of sp³-hybridized carbons (Fsp3) is 0.318. The van der Waals surface area contributed by atoms with Crippen LogP contribution in [-0.2, 0) is 17.6 Å². The van der Waals surface area contributed by atoms with E-state index in [-0.39, 0.29) is 5.91 Å². The quantitative estimate of drug-likeness (QED) is 0.747. The van der Waals surface area contributed by atoms with Crippen molar-refractivity contribution >= 4 is 28.4 Å². The summed E-state index contributed by atoms with van der Waals surface area (Å²) in [5, 5.41) is 1.65. The predicted molar refractivity (Wildman–Crippen MR) is 110 cm³/mol. The highest BCUT2D eigenvalue weighted by molar-refractivity contribution is 6.35. The molecule has 1 aliphatic rings. The average Bonchev–Trinajstić information content (AvgIpc) is 3.08. The number of halogens is 1. The number of rotatable bonds is 4. The summed E-state index contributed by atoms with van der Waals surface area (Å²) in [6.45, 7) is 2.44. The van der Waals surface area contributed by atoms with Crippen molar-refractivity contribution in [1.82, 2.24) is 14.8 Å². The second-order valence-corrected chi connectivity index (χ2v) is 7.72. The second-order valence-electron chi connectivity index (χ2n) is 7.32. The Morgan fingerprint density at radius 2 is 1.96 bits per heavy atom. The van der Waals surface area contributed by atoms with Crippen molar-refractivity contribution in [2.75, 3.05) is 26.7 Å². The van der Waals surface area contributed by atoms with Crippen LogP contribution in [0.5, 0.6) is 0 Å². The molecular weight excluding hydrogens is 358 g/mol. The molecule has 140 valence electrons. The number of fused-ring (bicyclic) bond motifs is 1. The molecule has 1 amide bonds. The Morgan fingerprint density at radius 1 is 1.15 bits per heavy atom. The Hall–Kier alpha value is -2.30. The summed E-state index contributed by atoms with van der Waals surface area (Å²) < 4.78 is 0. The van der Waals surface area contributed by atoms with Gasteiger partial charge in [-0.25, -0.2) is 0 Å². The first-order valence-corrected chi connectivity index (χ1v) is 9.76. The Kier molecular flexibility index (Phi) is 5.19. The standard InChI is InChI=1S/C22H24ClN3O/c1-25-10-11-26(15-18(25)12-16-6-3-2-4-7-16)21(27)13-17-14-24-20-9-5-8-19(23)22(17)20/h2-9,14,18,24H,10-13,15H2,1H3. The van der Waals surface area contributed by atoms with E-state index in [1.807, 2.05) is 35.4 Å². The van der Waals surface area contributed by atoms with Gasteiger partial charge in [0, 0.05) is 42.8 Å². The average molecular weight is 382 g/mol. The first-order chi connectivity index (χ1) is 13.1. The zero-order valence-electron chi connectivity index (χ0n) is 15.5. The van der Waals surface area contributed by atoms with Gasteiger partial charge in [0.1, 0.15) is 0 Å². The SMILES string of the molecule is CN1CCN(C(=O)Cc2c[nH]c3cccc(Cl)c23)CC1Cc1ccccc1. The van der Waals surface area contributed by atoms with E-state index in [9.17, 15) is 4.79 Å². The van der Waals surface area contributed by atoms with Gasteiger partial charge in [0.25, 0.3) is 0 Å². The van der Waals surface area contributed by atoms with E-state index < -0.39 is 0 Å². The third-order valence-electron chi connectivity index (χ3n) is 5.52. The minimum absolute atomic E-state index is 0.169. The van der Waals surface area contributed by atoms with E-state index in [4.69, 9.17) is 11.6 Å². The van der Waals surface area contributed by atoms with Gasteiger partial charge in [-0.05, 0) is 36.7 Å². The molecule has 1 saturated heterocycles. The van der Waals surface area contributed by atoms with Gasteiger partial charge < -0.3 is 9.88 Å². The second kappa shape index (κ2) is 7.75. The number of aromatic nitrogens is 1. The maximum Gasteiger partial charge on any atom is 0.227 e. The van der Waals surface area contributed by atoms with Crippen molar-refractivity contribution < 1.29 is 4.79 Å². The highest BCUT2D eigenvalue weighted by atomic mass is 35.5. The van der Waals surface area contributed by atoms with Gasteiger partial charge >= 0.3 is 0 Å². The van der Waals surface area contributed by atoms with Crippen molar-refractivity contribution in [3.05, 3.63) is 70.9 Å². The molecule has 3 aromatic rings. The van der Waals surface area contributed by atoms with Crippen molar-refractivity contribution in [1.29, 1.82) is 0 Å². The van der Waals surface area contributed by atoms with Crippen LogP contribution in [0.3, 0.4) is 0 Å². The van der Waals surface area contributed by atoms with E-state index >= 15 is 0 Å². The van der Waals surface area contributed by atoms with Gasteiger partial charge in [-0.15, -0.1) is 0 Å². The molecule has 2 aromatic carbocycles. The van der Waals surface area contributed by atoms with Gasteiger partial charge in [0.2, 0.25) is 5.91 Å². The fourth-order valence-corrected chi connectivity index (χ4v) is 4.20. The smallest absolute Gasteiger partial charge is 0.227 e. The van der Waals surface area contributed by atoms with E-state index in [1.165, 1.54) is 5.56 Å². The number of carbonyl (C=O) groups is 1. The maximum atomic E-state index is 13.0. The molecule has 0 spiro atoms. The van der Waals surface area contributed by atoms with Crippen molar-refractivity contribution in [2.45, 2.75) is 18.9 Å². The van der Waals surface area contributed by atoms with Crippen LogP contribution in [0, 0.1) is 0 Å². The number of piperazine rings is 1. The highest BCUT2D eigenvalue weighted by Gasteiger charge is 2.27. The van der Waals surface area contributed by atoms with Gasteiger partial charge in [-0.2, -0.15) is 0 Å². The number of nitrogens with zero attached hydrogens (tertiary/aromatic N) is 2. The van der Waals surface area contributed by atoms with E-state index in [2.05, 4.69) is 41.2 Å². The summed E-state index contributed by atoms with van der Waals surface area (Å²) in [7, 11) is 2.15. The number of amides is 1. The van der Waals surface area contributed by atoms with Crippen LogP contribution in [0.2, 0.25) is 5.02 Å². The fourth-order valence-electron chi connectivity index (χ4n) is 3.90. The highest BCUT2D eigenvalue weighted by Crippen LogP contribution is 2.27. The van der Waals surface area contributed by atoms with Crippen LogP contribution in [0.25, 0.3) is 10.9 Å². The maximum absolute atomic E-state index is 13.0. The van der Waals surface area contributed by atoms with Crippen LogP contribution >= 0.6 is 11.6 Å². The first kappa shape index (κ1) is 18.1. The summed E-state index contributed by atoms with van der Waals surface area (Å²) in [4.78, 5) is 20.6. The molecule has 5 heteroatoms. The molecule has 0 bridgehead atoms. The van der Waals surface area contributed by atoms with Crippen LogP contribution in [-0.4, -0.2) is 53.4 Å². The lowest BCUT2D eigenvalue weighted by molar-refractivity contribution is -0.133. The van der Waals surface area contributed by atoms with E-state index in [0.29, 0.717) is 17.5 Å². The molecule has 4 rings (SSSR count). The Labute approximate surface area is 164 Å². The molecular formula is C22H24ClN3O. The lowest BCUT2D eigenvalue weighted by Gasteiger charge is -2.39. The van der Waals surface area contributed by atoms with Gasteiger partial charge in [-0.1, -0.05) is 48.0 Å². The molecule has 0 radical (unpaired) electrons. The molecule has 4 nitrogen and oxygen atoms in total. The number of hydrogen-bond acceptors (Lipinski definition) is 2. The molecule has 27 heavy (non-hydrogen) atoms. The van der Waals surface area contributed by atoms with Crippen molar-refractivity contribution in [3.8, 4) is 0 Å². The lowest BCUT2D eigenvalue weighted by Crippen LogP contribution is -2.54. The van der Waals surface area contributed by atoms with Crippen molar-refractivity contribution in [3.63, 3.8) is 0 Å². The van der Waals surface area contributed by atoms with Crippen LogP contribution in [0.1, 0.15) is 11.1 Å². The number of aromatic amines is 1. The number of hydrogen-bond donors (Lipinski definition) is 1. The third kappa shape index (κ3) is 3.87. The van der Waals surface area contributed by atoms with Crippen molar-refractivity contribution in [2.24, 2.45) is 0 Å². The molecule has 1 unspecified atom stereocenters. The van der Waals surface area contributed by atoms with Gasteiger partial charge in [0.15, 0.2) is 0 Å². The Morgan fingerprint density at radius 3 is 2.78 bits per heavy atom. The molecule has 1 aliphatic heterocycles. The molecule has 2 heterocycles. The number of H-pyrrole nitrogens is 1. The zero-order chi connectivity index (χ0) is 18.8. The molecule has 1 aromatic heterocycles. The van der Waals surface area contributed by atoms with Crippen LogP contribution in [0.4, 0.5) is 0 Å². The van der Waals surface area contributed by atoms with Crippen LogP contribution < -0.4 is 0 Å². The van der Waals surface area contributed by atoms with Gasteiger partial charge in [0.05, 0.1) is 11.4 Å². The van der Waals surface area contributed by atoms with E-state index in [0.717, 1.165) is 42.5 Å². The van der Waals surface area contributed by atoms with E-state index in [1.54, 1.807) is 0 Å². The monoisotopic (exact) mass is 381 g/mol. The minimum atomic E-state index is 0.169. The minimum Gasteiger partial charge on any atom is -0.361 e. The summed E-state index contributed by atoms with van der Waals surface area (Å²) in [6, 6.07) is 16.6. The molecule has 0 saturated carbocycles. The zero-order valence-corrected chi connectivity index (χ0v) is 16.2. The normalized spacial score (nSPS) is 18.1. The third-order valence-corrected chi connectivity index (χ3v) is 5.84. The number of nitrogens with one attached hydrogen (secondary N) is 1.